The van der Waals surface area contributed by atoms with Gasteiger partial charge >= 0.3 is 0 Å². The molecule has 126 valence electrons. The Morgan fingerprint density at radius 1 is 0.500 bits per heavy atom. The van der Waals surface area contributed by atoms with Gasteiger partial charge < -0.3 is 0 Å². The smallest absolute Gasteiger partial charge is 0.227 e. The molecule has 0 fully saturated rings. The second-order valence-corrected chi connectivity index (χ2v) is 5.93. The summed E-state index contributed by atoms with van der Waals surface area (Å²) >= 11 is 11.9. The van der Waals surface area contributed by atoms with Gasteiger partial charge in [0.05, 0.1) is 0 Å². The number of hydrogen-bond acceptors (Lipinski definition) is 7. The lowest BCUT2D eigenvalue weighted by molar-refractivity contribution is 1.06. The van der Waals surface area contributed by atoms with Crippen LogP contribution in [0.15, 0.2) is 55.6 Å². The quantitative estimate of drug-likeness (QED) is 0.533. The van der Waals surface area contributed by atoms with Crippen molar-refractivity contribution in [2.45, 2.75) is 0 Å². The summed E-state index contributed by atoms with van der Waals surface area (Å²) in [7, 11) is 0. The molecule has 0 N–H and O–H groups in total. The van der Waals surface area contributed by atoms with Gasteiger partial charge in [0.25, 0.3) is 0 Å². The molecule has 0 aliphatic rings. The zero-order chi connectivity index (χ0) is 17.9. The molecule has 4 rings (SSSR count). The predicted octanol–water partition coefficient (Wildman–Crippen LogP) is 3.76. The maximum Gasteiger partial charge on any atom is 0.227 e. The van der Waals surface area contributed by atoms with Crippen LogP contribution in [0.4, 0.5) is 0 Å². The minimum Gasteiger partial charge on any atom is -0.244 e. The molecular weight excluding hydrogens is 373 g/mol. The molecule has 3 aromatic heterocycles. The molecule has 0 bridgehead atoms. The van der Waals surface area contributed by atoms with E-state index < -0.39 is 0 Å². The van der Waals surface area contributed by atoms with E-state index in [4.69, 9.17) is 23.2 Å². The first-order valence-electron chi connectivity index (χ1n) is 7.42. The average Bonchev–Trinajstić information content (AvgIpc) is 2.68. The molecule has 0 saturated carbocycles. The SMILES string of the molecule is Clc1nc(Cl)nc(-c2cc(-c3cncnc3)cc(-c3cncnc3)c2)n1. The zero-order valence-corrected chi connectivity index (χ0v) is 14.6. The van der Waals surface area contributed by atoms with Crippen LogP contribution in [0.1, 0.15) is 0 Å². The van der Waals surface area contributed by atoms with E-state index in [1.54, 1.807) is 24.8 Å². The van der Waals surface area contributed by atoms with E-state index in [1.165, 1.54) is 12.7 Å². The van der Waals surface area contributed by atoms with Gasteiger partial charge in [-0.1, -0.05) is 0 Å². The molecule has 0 unspecified atom stereocenters. The molecule has 26 heavy (non-hydrogen) atoms. The normalized spacial score (nSPS) is 10.7. The van der Waals surface area contributed by atoms with Crippen LogP contribution in [-0.2, 0) is 0 Å². The third kappa shape index (κ3) is 3.49. The molecule has 0 atom stereocenters. The topological polar surface area (TPSA) is 90.2 Å². The summed E-state index contributed by atoms with van der Waals surface area (Å²) in [5, 5.41) is 0.0519. The Morgan fingerprint density at radius 3 is 1.38 bits per heavy atom. The van der Waals surface area contributed by atoms with Crippen LogP contribution < -0.4 is 0 Å². The lowest BCUT2D eigenvalue weighted by atomic mass is 9.98. The second-order valence-electron chi connectivity index (χ2n) is 5.25. The fraction of sp³-hybridized carbons (Fsp3) is 0. The number of benzene rings is 1. The summed E-state index contributed by atoms with van der Waals surface area (Å²) in [4.78, 5) is 28.4. The summed E-state index contributed by atoms with van der Waals surface area (Å²) in [6.45, 7) is 0. The first-order valence-corrected chi connectivity index (χ1v) is 8.18. The van der Waals surface area contributed by atoms with E-state index in [2.05, 4.69) is 34.9 Å². The molecule has 4 aromatic rings. The van der Waals surface area contributed by atoms with Crippen LogP contribution in [0, 0.1) is 0 Å². The molecule has 1 aromatic carbocycles. The number of rotatable bonds is 3. The first kappa shape index (κ1) is 16.4. The molecule has 0 spiro atoms. The van der Waals surface area contributed by atoms with Gasteiger partial charge in [0.15, 0.2) is 5.82 Å². The van der Waals surface area contributed by atoms with Crippen LogP contribution >= 0.6 is 23.2 Å². The van der Waals surface area contributed by atoms with Crippen molar-refractivity contribution in [1.82, 2.24) is 34.9 Å². The Labute approximate surface area is 158 Å². The fourth-order valence-electron chi connectivity index (χ4n) is 2.44. The van der Waals surface area contributed by atoms with Gasteiger partial charge in [-0.2, -0.15) is 15.0 Å². The van der Waals surface area contributed by atoms with E-state index in [9.17, 15) is 0 Å². The van der Waals surface area contributed by atoms with Gasteiger partial charge in [-0.25, -0.2) is 19.9 Å². The van der Waals surface area contributed by atoms with Crippen LogP contribution in [-0.4, -0.2) is 34.9 Å². The van der Waals surface area contributed by atoms with Gasteiger partial charge in [-0.15, -0.1) is 0 Å². The molecule has 0 radical (unpaired) electrons. The molecule has 9 heteroatoms. The van der Waals surface area contributed by atoms with Crippen molar-refractivity contribution in [2.24, 2.45) is 0 Å². The average molecular weight is 382 g/mol. The standard InChI is InChI=1S/C17H9Cl2N7/c18-16-24-15(25-17(19)26-16)12-2-10(13-4-20-8-21-5-13)1-11(3-12)14-6-22-9-23-7-14/h1-9H. The third-order valence-electron chi connectivity index (χ3n) is 3.56. The van der Waals surface area contributed by atoms with Crippen LogP contribution in [0.5, 0.6) is 0 Å². The van der Waals surface area contributed by atoms with Gasteiger partial charge in [0.2, 0.25) is 10.6 Å². The molecule has 0 amide bonds. The molecule has 7 nitrogen and oxygen atoms in total. The maximum absolute atomic E-state index is 5.93. The van der Waals surface area contributed by atoms with Gasteiger partial charge in [0, 0.05) is 41.5 Å². The van der Waals surface area contributed by atoms with E-state index in [0.29, 0.717) is 5.82 Å². The molecular formula is C17H9Cl2N7. The monoisotopic (exact) mass is 381 g/mol. The summed E-state index contributed by atoms with van der Waals surface area (Å²) < 4.78 is 0. The van der Waals surface area contributed by atoms with E-state index in [-0.39, 0.29) is 10.6 Å². The number of hydrogen-bond donors (Lipinski definition) is 0. The Kier molecular flexibility index (Phi) is 4.47. The van der Waals surface area contributed by atoms with Gasteiger partial charge in [-0.3, -0.25) is 0 Å². The fourth-order valence-corrected chi connectivity index (χ4v) is 2.80. The van der Waals surface area contributed by atoms with Crippen molar-refractivity contribution in [3.8, 4) is 33.6 Å². The van der Waals surface area contributed by atoms with E-state index in [1.807, 2.05) is 18.2 Å². The highest BCUT2D eigenvalue weighted by Gasteiger charge is 2.11. The van der Waals surface area contributed by atoms with Crippen molar-refractivity contribution >= 4 is 23.2 Å². The second kappa shape index (κ2) is 7.07. The highest BCUT2D eigenvalue weighted by Crippen LogP contribution is 2.31. The largest absolute Gasteiger partial charge is 0.244 e. The van der Waals surface area contributed by atoms with Crippen molar-refractivity contribution in [2.75, 3.05) is 0 Å². The van der Waals surface area contributed by atoms with Gasteiger partial charge in [-0.05, 0) is 52.5 Å². The zero-order valence-electron chi connectivity index (χ0n) is 13.1. The summed E-state index contributed by atoms with van der Waals surface area (Å²) in [5.41, 5.74) is 4.18. The maximum atomic E-state index is 5.93. The molecule has 0 saturated heterocycles. The Bertz CT molecular complexity index is 981. The highest BCUT2D eigenvalue weighted by molar-refractivity contribution is 6.31. The lowest BCUT2D eigenvalue weighted by Crippen LogP contribution is -1.95. The summed E-state index contributed by atoms with van der Waals surface area (Å²) in [6.07, 6.45) is 9.86. The summed E-state index contributed by atoms with van der Waals surface area (Å²) in [6, 6.07) is 5.81. The first-order chi connectivity index (χ1) is 12.7. The Morgan fingerprint density at radius 2 is 0.923 bits per heavy atom. The Balaban J connectivity index is 1.93. The van der Waals surface area contributed by atoms with Crippen LogP contribution in [0.3, 0.4) is 0 Å². The van der Waals surface area contributed by atoms with Crippen molar-refractivity contribution in [3.05, 3.63) is 66.2 Å². The summed E-state index contributed by atoms with van der Waals surface area (Å²) in [5.74, 6) is 0.367. The molecule has 0 aliphatic carbocycles. The van der Waals surface area contributed by atoms with E-state index >= 15 is 0 Å². The number of nitrogens with zero attached hydrogens (tertiary/aromatic N) is 7. The number of aromatic nitrogens is 7. The van der Waals surface area contributed by atoms with Crippen molar-refractivity contribution < 1.29 is 0 Å². The van der Waals surface area contributed by atoms with E-state index in [0.717, 1.165) is 27.8 Å². The van der Waals surface area contributed by atoms with Crippen LogP contribution in [0.2, 0.25) is 10.6 Å². The predicted molar refractivity (Wildman–Crippen MR) is 97.3 cm³/mol. The lowest BCUT2D eigenvalue weighted by Gasteiger charge is -2.09. The minimum absolute atomic E-state index is 0.0260. The van der Waals surface area contributed by atoms with Crippen molar-refractivity contribution in [3.63, 3.8) is 0 Å². The van der Waals surface area contributed by atoms with Gasteiger partial charge in [0.1, 0.15) is 12.7 Å². The Hall–Kier alpha value is -3.03. The molecule has 0 aliphatic heterocycles. The molecule has 3 heterocycles. The third-order valence-corrected chi connectivity index (χ3v) is 3.90. The van der Waals surface area contributed by atoms with Crippen molar-refractivity contribution in [1.29, 1.82) is 0 Å². The number of halogens is 2. The minimum atomic E-state index is 0.0260. The highest BCUT2D eigenvalue weighted by atomic mass is 35.5. The van der Waals surface area contributed by atoms with Crippen LogP contribution in [0.25, 0.3) is 33.6 Å².